The van der Waals surface area contributed by atoms with E-state index in [1.807, 2.05) is 0 Å². The number of urea groups is 4. The Morgan fingerprint density at radius 1 is 0.667 bits per heavy atom. The van der Waals surface area contributed by atoms with Crippen molar-refractivity contribution in [1.82, 2.24) is 9.80 Å². The van der Waals surface area contributed by atoms with Gasteiger partial charge in [-0.2, -0.15) is 0 Å². The fourth-order valence-corrected chi connectivity index (χ4v) is 1.45. The highest BCUT2D eigenvalue weighted by molar-refractivity contribution is 5.94. The van der Waals surface area contributed by atoms with Gasteiger partial charge >= 0.3 is 24.1 Å². The largest absolute Gasteiger partial charge is 0.351 e. The molecule has 0 aliphatic heterocycles. The Bertz CT molecular complexity index is 320. The quantitative estimate of drug-likeness (QED) is 0.491. The molecule has 0 unspecified atom stereocenters. The zero-order valence-corrected chi connectivity index (χ0v) is 9.99. The van der Waals surface area contributed by atoms with Crippen LogP contribution >= 0.6 is 0 Å². The molecule has 0 aromatic rings. The molecule has 0 aromatic carbocycles. The van der Waals surface area contributed by atoms with Crippen molar-refractivity contribution in [1.29, 1.82) is 0 Å². The van der Waals surface area contributed by atoms with Gasteiger partial charge in [-0.15, -0.1) is 0 Å². The van der Waals surface area contributed by atoms with Crippen molar-refractivity contribution in [2.75, 3.05) is 0 Å². The van der Waals surface area contributed by atoms with Gasteiger partial charge in [-0.25, -0.2) is 29.0 Å². The van der Waals surface area contributed by atoms with Crippen LogP contribution < -0.4 is 22.9 Å². The molecule has 0 rings (SSSR count). The summed E-state index contributed by atoms with van der Waals surface area (Å²) < 4.78 is 0. The number of nitrogens with two attached hydrogens (primary N) is 4. The van der Waals surface area contributed by atoms with E-state index in [4.69, 9.17) is 22.9 Å². The maximum Gasteiger partial charge on any atom is 0.323 e. The molecule has 0 fully saturated rings. The standard InChI is InChI=1S/C8H16N6O4/c1-3(13(5(9)15)6(10)16)4(2)14(7(11)17)8(12)18/h3-4H,1-2H3,(H2,9,15)(H2,10,16)(H2,11,17)(H2,12,18)/t3-,4-/m0/s1. The molecule has 0 saturated carbocycles. The van der Waals surface area contributed by atoms with Crippen LogP contribution in [0.1, 0.15) is 13.8 Å². The lowest BCUT2D eigenvalue weighted by atomic mass is 10.1. The fourth-order valence-electron chi connectivity index (χ4n) is 1.45. The molecule has 0 aromatic heterocycles. The number of hydrogen-bond acceptors (Lipinski definition) is 4. The lowest BCUT2D eigenvalue weighted by Gasteiger charge is -2.33. The van der Waals surface area contributed by atoms with E-state index in [1.165, 1.54) is 13.8 Å². The molecule has 0 aliphatic rings. The first-order chi connectivity index (χ1) is 8.11. The molecule has 18 heavy (non-hydrogen) atoms. The number of carbonyl (C=O) groups is 4. The second-order valence-corrected chi connectivity index (χ2v) is 3.57. The number of rotatable bonds is 3. The highest BCUT2D eigenvalue weighted by Crippen LogP contribution is 2.11. The minimum Gasteiger partial charge on any atom is -0.351 e. The van der Waals surface area contributed by atoms with Crippen LogP contribution in [0.3, 0.4) is 0 Å². The number of imide groups is 2. The van der Waals surface area contributed by atoms with E-state index in [1.54, 1.807) is 0 Å². The molecule has 0 saturated heterocycles. The molecular weight excluding hydrogens is 244 g/mol. The third-order valence-electron chi connectivity index (χ3n) is 2.46. The second-order valence-electron chi connectivity index (χ2n) is 3.57. The zero-order chi connectivity index (χ0) is 14.6. The third-order valence-corrected chi connectivity index (χ3v) is 2.46. The van der Waals surface area contributed by atoms with Crippen LogP contribution in [0.4, 0.5) is 19.2 Å². The summed E-state index contributed by atoms with van der Waals surface area (Å²) in [5, 5.41) is 0. The molecule has 8 N–H and O–H groups in total. The molecule has 0 spiro atoms. The molecule has 0 radical (unpaired) electrons. The number of primary amides is 4. The maximum absolute atomic E-state index is 11.0. The van der Waals surface area contributed by atoms with Crippen molar-refractivity contribution < 1.29 is 19.2 Å². The molecule has 0 heterocycles. The van der Waals surface area contributed by atoms with Gasteiger partial charge in [0.1, 0.15) is 0 Å². The molecule has 0 aliphatic carbocycles. The summed E-state index contributed by atoms with van der Waals surface area (Å²) in [5.74, 6) is 0. The van der Waals surface area contributed by atoms with Crippen molar-refractivity contribution in [2.24, 2.45) is 22.9 Å². The van der Waals surface area contributed by atoms with E-state index in [9.17, 15) is 19.2 Å². The van der Waals surface area contributed by atoms with Crippen molar-refractivity contribution in [3.05, 3.63) is 0 Å². The molecule has 102 valence electrons. The van der Waals surface area contributed by atoms with Crippen LogP contribution in [0, 0.1) is 0 Å². The van der Waals surface area contributed by atoms with E-state index in [0.29, 0.717) is 9.80 Å². The monoisotopic (exact) mass is 260 g/mol. The molecular formula is C8H16N6O4. The predicted octanol–water partition coefficient (Wildman–Crippen LogP) is -1.32. The second kappa shape index (κ2) is 5.70. The Labute approximate surface area is 103 Å². The number of nitrogens with zero attached hydrogens (tertiary/aromatic N) is 2. The zero-order valence-electron chi connectivity index (χ0n) is 9.99. The smallest absolute Gasteiger partial charge is 0.323 e. The Balaban J connectivity index is 5.22. The van der Waals surface area contributed by atoms with Crippen molar-refractivity contribution in [3.8, 4) is 0 Å². The summed E-state index contributed by atoms with van der Waals surface area (Å²) >= 11 is 0. The van der Waals surface area contributed by atoms with E-state index in [0.717, 1.165) is 0 Å². The minimum atomic E-state index is -1.12. The summed E-state index contributed by atoms with van der Waals surface area (Å²) in [6.45, 7) is 2.72. The average Bonchev–Trinajstić information content (AvgIpc) is 2.14. The predicted molar refractivity (Wildman–Crippen MR) is 60.9 cm³/mol. The topological polar surface area (TPSA) is 179 Å². The van der Waals surface area contributed by atoms with Gasteiger partial charge in [0.15, 0.2) is 0 Å². The summed E-state index contributed by atoms with van der Waals surface area (Å²) in [6, 6.07) is -6.40. The van der Waals surface area contributed by atoms with E-state index < -0.39 is 36.2 Å². The van der Waals surface area contributed by atoms with Crippen molar-refractivity contribution >= 4 is 24.1 Å². The van der Waals surface area contributed by atoms with Crippen LogP contribution in [0.2, 0.25) is 0 Å². The van der Waals surface area contributed by atoms with Crippen LogP contribution in [0.5, 0.6) is 0 Å². The van der Waals surface area contributed by atoms with Gasteiger partial charge in [-0.1, -0.05) is 0 Å². The van der Waals surface area contributed by atoms with E-state index >= 15 is 0 Å². The first-order valence-corrected chi connectivity index (χ1v) is 4.87. The molecule has 8 amide bonds. The summed E-state index contributed by atoms with van der Waals surface area (Å²) in [5.41, 5.74) is 19.9. The Morgan fingerprint density at radius 2 is 0.833 bits per heavy atom. The Kier molecular flexibility index (Phi) is 4.90. The van der Waals surface area contributed by atoms with Crippen LogP contribution in [0.15, 0.2) is 0 Å². The summed E-state index contributed by atoms with van der Waals surface area (Å²) in [4.78, 5) is 45.2. The Morgan fingerprint density at radius 3 is 0.944 bits per heavy atom. The molecule has 10 heteroatoms. The van der Waals surface area contributed by atoms with Crippen LogP contribution in [-0.2, 0) is 0 Å². The van der Waals surface area contributed by atoms with Gasteiger partial charge in [0.2, 0.25) is 0 Å². The summed E-state index contributed by atoms with van der Waals surface area (Å²) in [7, 11) is 0. The van der Waals surface area contributed by atoms with Gasteiger partial charge in [0, 0.05) is 0 Å². The van der Waals surface area contributed by atoms with Gasteiger partial charge < -0.3 is 22.9 Å². The molecule has 2 atom stereocenters. The first-order valence-electron chi connectivity index (χ1n) is 4.87. The maximum atomic E-state index is 11.0. The molecule has 10 nitrogen and oxygen atoms in total. The summed E-state index contributed by atoms with van der Waals surface area (Å²) in [6.07, 6.45) is 0. The fraction of sp³-hybridized carbons (Fsp3) is 0.500. The molecule has 0 bridgehead atoms. The van der Waals surface area contributed by atoms with E-state index in [2.05, 4.69) is 0 Å². The van der Waals surface area contributed by atoms with Gasteiger partial charge in [-0.3, -0.25) is 0 Å². The van der Waals surface area contributed by atoms with Gasteiger partial charge in [-0.05, 0) is 13.8 Å². The minimum absolute atomic E-state index is 0.490. The highest BCUT2D eigenvalue weighted by atomic mass is 16.2. The number of amides is 8. The lowest BCUT2D eigenvalue weighted by molar-refractivity contribution is 0.141. The Hall–Kier alpha value is -2.52. The van der Waals surface area contributed by atoms with Crippen molar-refractivity contribution in [3.63, 3.8) is 0 Å². The lowest BCUT2D eigenvalue weighted by Crippen LogP contribution is -2.60. The van der Waals surface area contributed by atoms with E-state index in [-0.39, 0.29) is 0 Å². The SMILES string of the molecule is C[C@@H]([C@H](C)N(C(N)=O)C(N)=O)N(C(N)=O)C(N)=O. The average molecular weight is 260 g/mol. The highest BCUT2D eigenvalue weighted by Gasteiger charge is 2.34. The van der Waals surface area contributed by atoms with Gasteiger partial charge in [0.05, 0.1) is 12.1 Å². The number of carbonyl (C=O) groups excluding carboxylic acids is 4. The third kappa shape index (κ3) is 3.23. The van der Waals surface area contributed by atoms with Gasteiger partial charge in [0.25, 0.3) is 0 Å². The van der Waals surface area contributed by atoms with Crippen LogP contribution in [0.25, 0.3) is 0 Å². The van der Waals surface area contributed by atoms with Crippen LogP contribution in [-0.4, -0.2) is 46.0 Å². The van der Waals surface area contributed by atoms with Crippen molar-refractivity contribution in [2.45, 2.75) is 25.9 Å². The number of hydrogen-bond donors (Lipinski definition) is 4. The normalized spacial score (nSPS) is 13.2. The first kappa shape index (κ1) is 15.5.